The fourth-order valence-corrected chi connectivity index (χ4v) is 1.42. The first kappa shape index (κ1) is 8.02. The third kappa shape index (κ3) is 2.67. The SMILES string of the molecule is O[CH]CCN1CCCCC1. The van der Waals surface area contributed by atoms with Gasteiger partial charge in [0.2, 0.25) is 0 Å². The molecule has 0 saturated carbocycles. The van der Waals surface area contributed by atoms with Gasteiger partial charge in [0.1, 0.15) is 0 Å². The van der Waals surface area contributed by atoms with Crippen molar-refractivity contribution in [2.75, 3.05) is 19.6 Å². The largest absolute Gasteiger partial charge is 0.390 e. The molecule has 0 bridgehead atoms. The van der Waals surface area contributed by atoms with E-state index in [1.807, 2.05) is 0 Å². The van der Waals surface area contributed by atoms with Gasteiger partial charge < -0.3 is 10.0 Å². The predicted octanol–water partition coefficient (Wildman–Crippen LogP) is 1.40. The summed E-state index contributed by atoms with van der Waals surface area (Å²) in [5, 5.41) is 8.45. The molecule has 1 N–H and O–H groups in total. The molecule has 0 aromatic rings. The first-order valence-electron chi connectivity index (χ1n) is 4.12. The van der Waals surface area contributed by atoms with E-state index in [1.165, 1.54) is 39.0 Å². The maximum absolute atomic E-state index is 8.45. The van der Waals surface area contributed by atoms with Crippen LogP contribution in [-0.4, -0.2) is 29.6 Å². The number of likely N-dealkylation sites (tertiary alicyclic amines) is 1. The van der Waals surface area contributed by atoms with Crippen LogP contribution in [0.25, 0.3) is 0 Å². The molecule has 0 atom stereocenters. The lowest BCUT2D eigenvalue weighted by Crippen LogP contribution is -2.30. The molecule has 59 valence electrons. The lowest BCUT2D eigenvalue weighted by atomic mass is 10.1. The second-order valence-corrected chi connectivity index (χ2v) is 2.87. The molecule has 0 aromatic carbocycles. The summed E-state index contributed by atoms with van der Waals surface area (Å²) in [4.78, 5) is 2.41. The van der Waals surface area contributed by atoms with E-state index in [9.17, 15) is 0 Å². The van der Waals surface area contributed by atoms with Gasteiger partial charge in [-0.25, -0.2) is 0 Å². The van der Waals surface area contributed by atoms with Crippen LogP contribution in [-0.2, 0) is 0 Å². The highest BCUT2D eigenvalue weighted by molar-refractivity contribution is 4.65. The predicted molar refractivity (Wildman–Crippen MR) is 41.1 cm³/mol. The lowest BCUT2D eigenvalue weighted by molar-refractivity contribution is 0.218. The highest BCUT2D eigenvalue weighted by Gasteiger charge is 2.08. The molecule has 1 fully saturated rings. The Morgan fingerprint density at radius 2 is 1.90 bits per heavy atom. The smallest absolute Gasteiger partial charge is 0.0811 e. The van der Waals surface area contributed by atoms with Crippen molar-refractivity contribution >= 4 is 0 Å². The van der Waals surface area contributed by atoms with Crippen LogP contribution >= 0.6 is 0 Å². The van der Waals surface area contributed by atoms with E-state index in [0.717, 1.165) is 13.0 Å². The molecular weight excluding hydrogens is 126 g/mol. The Hall–Kier alpha value is -0.0800. The van der Waals surface area contributed by atoms with Crippen molar-refractivity contribution < 1.29 is 5.11 Å². The molecule has 1 aliphatic heterocycles. The minimum Gasteiger partial charge on any atom is -0.390 e. The monoisotopic (exact) mass is 142 g/mol. The first-order valence-corrected chi connectivity index (χ1v) is 4.12. The fourth-order valence-electron chi connectivity index (χ4n) is 1.42. The first-order chi connectivity index (χ1) is 4.93. The van der Waals surface area contributed by atoms with Gasteiger partial charge in [0.15, 0.2) is 0 Å². The highest BCUT2D eigenvalue weighted by Crippen LogP contribution is 2.08. The van der Waals surface area contributed by atoms with Crippen molar-refractivity contribution in [3.63, 3.8) is 0 Å². The Balaban J connectivity index is 2.02. The van der Waals surface area contributed by atoms with Crippen LogP contribution < -0.4 is 0 Å². The molecule has 1 rings (SSSR count). The molecule has 0 aliphatic carbocycles. The maximum Gasteiger partial charge on any atom is 0.0811 e. The normalized spacial score (nSPS) is 21.3. The molecule has 1 saturated heterocycles. The maximum atomic E-state index is 8.45. The molecule has 0 amide bonds. The van der Waals surface area contributed by atoms with Crippen LogP contribution in [0.3, 0.4) is 0 Å². The molecule has 10 heavy (non-hydrogen) atoms. The Kier molecular flexibility index (Phi) is 3.76. The second-order valence-electron chi connectivity index (χ2n) is 2.87. The zero-order valence-electron chi connectivity index (χ0n) is 6.42. The van der Waals surface area contributed by atoms with Gasteiger partial charge in [0.05, 0.1) is 6.61 Å². The van der Waals surface area contributed by atoms with Gasteiger partial charge in [-0.2, -0.15) is 0 Å². The summed E-state index contributed by atoms with van der Waals surface area (Å²) in [5.41, 5.74) is 0. The summed E-state index contributed by atoms with van der Waals surface area (Å²) < 4.78 is 0. The van der Waals surface area contributed by atoms with Gasteiger partial charge in [-0.1, -0.05) is 6.42 Å². The molecule has 1 heterocycles. The fraction of sp³-hybridized carbons (Fsp3) is 0.875. The number of aliphatic hydroxyl groups is 1. The molecule has 0 spiro atoms. The zero-order chi connectivity index (χ0) is 7.23. The summed E-state index contributed by atoms with van der Waals surface area (Å²) in [6.07, 6.45) is 4.89. The Labute approximate surface area is 62.8 Å². The molecular formula is C8H16NO. The summed E-state index contributed by atoms with van der Waals surface area (Å²) in [6, 6.07) is 0. The number of aliphatic hydroxyl groups excluding tert-OH is 1. The highest BCUT2D eigenvalue weighted by atomic mass is 16.3. The Morgan fingerprint density at radius 1 is 1.20 bits per heavy atom. The van der Waals surface area contributed by atoms with Gasteiger partial charge in [-0.15, -0.1) is 0 Å². The van der Waals surface area contributed by atoms with Gasteiger partial charge in [0.25, 0.3) is 0 Å². The summed E-state index contributed by atoms with van der Waals surface area (Å²) in [7, 11) is 0. The Morgan fingerprint density at radius 3 is 2.50 bits per heavy atom. The number of rotatable bonds is 3. The van der Waals surface area contributed by atoms with Gasteiger partial charge in [-0.05, 0) is 32.4 Å². The van der Waals surface area contributed by atoms with Crippen molar-refractivity contribution in [1.29, 1.82) is 0 Å². The standard InChI is InChI=1S/C8H16NO/c10-8-4-7-9-5-2-1-3-6-9/h8,10H,1-7H2. The molecule has 1 aliphatic rings. The van der Waals surface area contributed by atoms with Crippen LogP contribution in [0.1, 0.15) is 25.7 Å². The topological polar surface area (TPSA) is 23.5 Å². The minimum atomic E-state index is 0.819. The van der Waals surface area contributed by atoms with E-state index in [1.54, 1.807) is 0 Å². The van der Waals surface area contributed by atoms with E-state index in [-0.39, 0.29) is 0 Å². The van der Waals surface area contributed by atoms with Crippen molar-refractivity contribution in [2.24, 2.45) is 0 Å². The van der Waals surface area contributed by atoms with Crippen molar-refractivity contribution in [3.8, 4) is 0 Å². The van der Waals surface area contributed by atoms with E-state index in [2.05, 4.69) is 4.90 Å². The third-order valence-electron chi connectivity index (χ3n) is 2.02. The minimum absolute atomic E-state index is 0.819. The quantitative estimate of drug-likeness (QED) is 0.643. The van der Waals surface area contributed by atoms with E-state index < -0.39 is 0 Å². The number of hydrogen-bond acceptors (Lipinski definition) is 2. The van der Waals surface area contributed by atoms with Gasteiger partial charge >= 0.3 is 0 Å². The third-order valence-corrected chi connectivity index (χ3v) is 2.02. The number of nitrogens with zero attached hydrogens (tertiary/aromatic N) is 1. The number of piperidine rings is 1. The zero-order valence-corrected chi connectivity index (χ0v) is 6.42. The van der Waals surface area contributed by atoms with E-state index in [4.69, 9.17) is 5.11 Å². The van der Waals surface area contributed by atoms with Crippen LogP contribution in [0.5, 0.6) is 0 Å². The molecule has 1 radical (unpaired) electrons. The van der Waals surface area contributed by atoms with Crippen LogP contribution in [0, 0.1) is 6.61 Å². The molecule has 2 heteroatoms. The van der Waals surface area contributed by atoms with Gasteiger partial charge in [0, 0.05) is 6.54 Å². The summed E-state index contributed by atoms with van der Waals surface area (Å²) in [6.45, 7) is 4.76. The molecule has 2 nitrogen and oxygen atoms in total. The van der Waals surface area contributed by atoms with E-state index in [0.29, 0.717) is 0 Å². The average molecular weight is 142 g/mol. The molecule has 0 aromatic heterocycles. The molecule has 0 unspecified atom stereocenters. The van der Waals surface area contributed by atoms with Crippen molar-refractivity contribution in [3.05, 3.63) is 6.61 Å². The average Bonchev–Trinajstić information content (AvgIpc) is 2.03. The summed E-state index contributed by atoms with van der Waals surface area (Å²) in [5.74, 6) is 0. The lowest BCUT2D eigenvalue weighted by Gasteiger charge is -2.25. The van der Waals surface area contributed by atoms with Gasteiger partial charge in [-0.3, -0.25) is 0 Å². The Bertz CT molecular complexity index is 79.3. The van der Waals surface area contributed by atoms with Crippen molar-refractivity contribution in [1.82, 2.24) is 4.90 Å². The van der Waals surface area contributed by atoms with Crippen molar-refractivity contribution in [2.45, 2.75) is 25.7 Å². The summed E-state index contributed by atoms with van der Waals surface area (Å²) >= 11 is 0. The van der Waals surface area contributed by atoms with E-state index >= 15 is 0 Å². The van der Waals surface area contributed by atoms with Crippen LogP contribution in [0.15, 0.2) is 0 Å². The second kappa shape index (κ2) is 4.69. The van der Waals surface area contributed by atoms with Crippen LogP contribution in [0.4, 0.5) is 0 Å². The van der Waals surface area contributed by atoms with Crippen LogP contribution in [0.2, 0.25) is 0 Å². The number of hydrogen-bond donors (Lipinski definition) is 1.